The molecular formula is C11H14N2O5S. The molecule has 0 fully saturated rings. The third-order valence-corrected chi connectivity index (χ3v) is 3.70. The van der Waals surface area contributed by atoms with E-state index in [0.29, 0.717) is 0 Å². The van der Waals surface area contributed by atoms with Crippen molar-refractivity contribution in [1.29, 1.82) is 0 Å². The van der Waals surface area contributed by atoms with Crippen LogP contribution < -0.4 is 0 Å². The van der Waals surface area contributed by atoms with Gasteiger partial charge in [0.15, 0.2) is 9.84 Å². The average Bonchev–Trinajstić information content (AvgIpc) is 2.28. The summed E-state index contributed by atoms with van der Waals surface area (Å²) >= 11 is 0. The van der Waals surface area contributed by atoms with Gasteiger partial charge in [-0.2, -0.15) is 0 Å². The molecule has 0 bridgehead atoms. The number of hydrogen-bond donors (Lipinski definition) is 1. The molecule has 0 aliphatic carbocycles. The van der Waals surface area contributed by atoms with E-state index in [1.165, 1.54) is 31.1 Å². The Morgan fingerprint density at radius 1 is 1.32 bits per heavy atom. The maximum atomic E-state index is 11.7. The van der Waals surface area contributed by atoms with E-state index in [4.69, 9.17) is 5.11 Å². The fraction of sp³-hybridized carbons (Fsp3) is 0.364. The number of pyridine rings is 1. The number of sulfone groups is 1. The molecule has 104 valence electrons. The first-order valence-corrected chi connectivity index (χ1v) is 7.12. The average molecular weight is 286 g/mol. The maximum Gasteiger partial charge on any atom is 0.337 e. The van der Waals surface area contributed by atoms with E-state index in [1.54, 1.807) is 0 Å². The van der Waals surface area contributed by atoms with Crippen LogP contribution in [-0.2, 0) is 20.4 Å². The molecule has 1 aromatic heterocycles. The van der Waals surface area contributed by atoms with Gasteiger partial charge in [0.1, 0.15) is 5.75 Å². The molecule has 0 aliphatic heterocycles. The molecule has 0 atom stereocenters. The van der Waals surface area contributed by atoms with Crippen LogP contribution in [0.4, 0.5) is 0 Å². The number of amides is 1. The van der Waals surface area contributed by atoms with Gasteiger partial charge in [-0.3, -0.25) is 9.78 Å². The SMILES string of the molecule is CN(C)C(=O)CS(=O)(=O)Cc1ccc(C(=O)O)cn1. The third kappa shape index (κ3) is 4.66. The van der Waals surface area contributed by atoms with Crippen LogP contribution >= 0.6 is 0 Å². The van der Waals surface area contributed by atoms with Crippen LogP contribution in [0, 0.1) is 0 Å². The Labute approximate surface area is 110 Å². The van der Waals surface area contributed by atoms with Crippen LogP contribution in [-0.4, -0.2) is 55.1 Å². The summed E-state index contributed by atoms with van der Waals surface area (Å²) in [7, 11) is -0.673. The van der Waals surface area contributed by atoms with Crippen molar-refractivity contribution >= 4 is 21.7 Å². The summed E-state index contributed by atoms with van der Waals surface area (Å²) in [5, 5.41) is 8.68. The van der Waals surface area contributed by atoms with E-state index in [9.17, 15) is 18.0 Å². The first kappa shape index (κ1) is 15.1. The van der Waals surface area contributed by atoms with Crippen molar-refractivity contribution in [2.45, 2.75) is 5.75 Å². The van der Waals surface area contributed by atoms with Crippen LogP contribution in [0.5, 0.6) is 0 Å². The molecule has 0 unspecified atom stereocenters. The zero-order valence-electron chi connectivity index (χ0n) is 10.5. The molecular weight excluding hydrogens is 272 g/mol. The van der Waals surface area contributed by atoms with E-state index in [1.807, 2.05) is 0 Å². The van der Waals surface area contributed by atoms with E-state index < -0.39 is 33.2 Å². The summed E-state index contributed by atoms with van der Waals surface area (Å²) in [6.07, 6.45) is 1.08. The molecule has 1 rings (SSSR count). The zero-order valence-corrected chi connectivity index (χ0v) is 11.3. The van der Waals surface area contributed by atoms with Crippen molar-refractivity contribution in [3.05, 3.63) is 29.6 Å². The molecule has 0 aromatic carbocycles. The molecule has 1 amide bonds. The molecule has 0 saturated heterocycles. The minimum atomic E-state index is -3.61. The van der Waals surface area contributed by atoms with Gasteiger partial charge in [-0.15, -0.1) is 0 Å². The highest BCUT2D eigenvalue weighted by Gasteiger charge is 2.19. The lowest BCUT2D eigenvalue weighted by Crippen LogP contribution is -2.29. The zero-order chi connectivity index (χ0) is 14.6. The molecule has 0 saturated carbocycles. The maximum absolute atomic E-state index is 11.7. The van der Waals surface area contributed by atoms with Crippen molar-refractivity contribution in [2.75, 3.05) is 19.8 Å². The Hall–Kier alpha value is -1.96. The van der Waals surface area contributed by atoms with Crippen LogP contribution in [0.2, 0.25) is 0 Å². The standard InChI is InChI=1S/C11H14N2O5S/c1-13(2)10(14)7-19(17,18)6-9-4-3-8(5-12-9)11(15)16/h3-5H,6-7H2,1-2H3,(H,15,16). The monoisotopic (exact) mass is 286 g/mol. The summed E-state index contributed by atoms with van der Waals surface area (Å²) in [6.45, 7) is 0. The fourth-order valence-electron chi connectivity index (χ4n) is 1.23. The Morgan fingerprint density at radius 2 is 1.95 bits per heavy atom. The lowest BCUT2D eigenvalue weighted by molar-refractivity contribution is -0.125. The van der Waals surface area contributed by atoms with Crippen molar-refractivity contribution in [2.24, 2.45) is 0 Å². The first-order chi connectivity index (χ1) is 8.71. The van der Waals surface area contributed by atoms with Crippen LogP contribution in [0.1, 0.15) is 16.1 Å². The number of carbonyl (C=O) groups is 2. The van der Waals surface area contributed by atoms with Gasteiger partial charge in [0.2, 0.25) is 5.91 Å². The molecule has 8 heteroatoms. The van der Waals surface area contributed by atoms with E-state index in [-0.39, 0.29) is 11.3 Å². The van der Waals surface area contributed by atoms with Gasteiger partial charge in [-0.25, -0.2) is 13.2 Å². The van der Waals surface area contributed by atoms with Gasteiger partial charge in [0.25, 0.3) is 0 Å². The summed E-state index contributed by atoms with van der Waals surface area (Å²) in [5.41, 5.74) is 0.182. The second-order valence-electron chi connectivity index (χ2n) is 4.16. The highest BCUT2D eigenvalue weighted by atomic mass is 32.2. The topological polar surface area (TPSA) is 105 Å². The van der Waals surface area contributed by atoms with Gasteiger partial charge in [0.05, 0.1) is 17.0 Å². The number of hydrogen-bond acceptors (Lipinski definition) is 5. The van der Waals surface area contributed by atoms with Gasteiger partial charge in [-0.1, -0.05) is 0 Å². The number of carboxylic acids is 1. The summed E-state index contributed by atoms with van der Waals surface area (Å²) in [6, 6.07) is 2.59. The minimum absolute atomic E-state index is 0.0227. The second-order valence-corrected chi connectivity index (χ2v) is 6.23. The number of nitrogens with zero attached hydrogens (tertiary/aromatic N) is 2. The predicted octanol–water partition coefficient (Wildman–Crippen LogP) is -0.217. The van der Waals surface area contributed by atoms with Gasteiger partial charge < -0.3 is 10.0 Å². The summed E-state index contributed by atoms with van der Waals surface area (Å²) in [4.78, 5) is 26.9. The highest BCUT2D eigenvalue weighted by Crippen LogP contribution is 2.06. The Kier molecular flexibility index (Phi) is 4.60. The van der Waals surface area contributed by atoms with Crippen molar-refractivity contribution in [3.63, 3.8) is 0 Å². The quantitative estimate of drug-likeness (QED) is 0.802. The van der Waals surface area contributed by atoms with E-state index >= 15 is 0 Å². The lowest BCUT2D eigenvalue weighted by Gasteiger charge is -2.10. The number of aromatic carboxylic acids is 1. The number of rotatable bonds is 5. The van der Waals surface area contributed by atoms with Crippen molar-refractivity contribution < 1.29 is 23.1 Å². The second kappa shape index (κ2) is 5.79. The third-order valence-electron chi connectivity index (χ3n) is 2.28. The molecule has 19 heavy (non-hydrogen) atoms. The van der Waals surface area contributed by atoms with E-state index in [2.05, 4.69) is 4.98 Å². The number of aromatic nitrogens is 1. The molecule has 1 heterocycles. The summed E-state index contributed by atoms with van der Waals surface area (Å²) in [5.74, 6) is -2.64. The number of carbonyl (C=O) groups excluding carboxylic acids is 1. The van der Waals surface area contributed by atoms with Crippen molar-refractivity contribution in [1.82, 2.24) is 9.88 Å². The molecule has 1 aromatic rings. The smallest absolute Gasteiger partial charge is 0.337 e. The Morgan fingerprint density at radius 3 is 2.37 bits per heavy atom. The van der Waals surface area contributed by atoms with Gasteiger partial charge >= 0.3 is 5.97 Å². The lowest BCUT2D eigenvalue weighted by atomic mass is 10.2. The van der Waals surface area contributed by atoms with Crippen molar-refractivity contribution in [3.8, 4) is 0 Å². The molecule has 0 aliphatic rings. The van der Waals surface area contributed by atoms with Crippen LogP contribution in [0.25, 0.3) is 0 Å². The van der Waals surface area contributed by atoms with Gasteiger partial charge in [-0.05, 0) is 12.1 Å². The minimum Gasteiger partial charge on any atom is -0.478 e. The fourth-order valence-corrected chi connectivity index (χ4v) is 2.59. The molecule has 7 nitrogen and oxygen atoms in total. The molecule has 1 N–H and O–H groups in total. The first-order valence-electron chi connectivity index (χ1n) is 5.30. The highest BCUT2D eigenvalue weighted by molar-refractivity contribution is 7.91. The molecule has 0 radical (unpaired) electrons. The van der Waals surface area contributed by atoms with E-state index in [0.717, 1.165) is 6.20 Å². The normalized spacial score (nSPS) is 11.1. The van der Waals surface area contributed by atoms with Gasteiger partial charge in [0, 0.05) is 20.3 Å². The Bertz CT molecular complexity index is 578. The Balaban J connectivity index is 2.78. The summed E-state index contributed by atoms with van der Waals surface area (Å²) < 4.78 is 23.5. The van der Waals surface area contributed by atoms with Crippen LogP contribution in [0.3, 0.4) is 0 Å². The molecule has 0 spiro atoms. The number of carboxylic acid groups (broad SMARTS) is 1. The van der Waals surface area contributed by atoms with Crippen LogP contribution in [0.15, 0.2) is 18.3 Å². The largest absolute Gasteiger partial charge is 0.478 e. The predicted molar refractivity (Wildman–Crippen MR) is 67.4 cm³/mol.